The molecule has 0 saturated heterocycles. The van der Waals surface area contributed by atoms with E-state index in [0.29, 0.717) is 11.4 Å². The van der Waals surface area contributed by atoms with Crippen LogP contribution in [0.4, 0.5) is 6.01 Å². The van der Waals surface area contributed by atoms with E-state index >= 15 is 0 Å². The van der Waals surface area contributed by atoms with Crippen molar-refractivity contribution in [2.24, 2.45) is 14.1 Å². The molecular weight excluding hydrogens is 286 g/mol. The van der Waals surface area contributed by atoms with E-state index < -0.39 is 0 Å². The molecule has 0 spiro atoms. The molecule has 0 aliphatic carbocycles. The van der Waals surface area contributed by atoms with Gasteiger partial charge in [-0.05, 0) is 26.0 Å². The highest BCUT2D eigenvalue weighted by molar-refractivity contribution is 6.01. The third-order valence-corrected chi connectivity index (χ3v) is 3.21. The van der Waals surface area contributed by atoms with Crippen LogP contribution < -0.4 is 5.32 Å². The molecule has 0 aliphatic rings. The zero-order valence-electron chi connectivity index (χ0n) is 12.7. The van der Waals surface area contributed by atoms with Crippen LogP contribution in [0.25, 0.3) is 11.6 Å². The summed E-state index contributed by atoms with van der Waals surface area (Å²) in [5.74, 6) is -0.115. The average molecular weight is 301 g/mol. The summed E-state index contributed by atoms with van der Waals surface area (Å²) in [6.45, 7) is 3.73. The highest BCUT2D eigenvalue weighted by atomic mass is 16.4. The molecule has 3 heterocycles. The van der Waals surface area contributed by atoms with Crippen molar-refractivity contribution < 1.29 is 9.21 Å². The largest absolute Gasteiger partial charge is 0.401 e. The molecule has 0 radical (unpaired) electrons. The number of rotatable bonds is 3. The number of nitrogens with zero attached hydrogens (tertiary/aromatic N) is 6. The monoisotopic (exact) mass is 301 g/mol. The maximum absolute atomic E-state index is 12.1. The van der Waals surface area contributed by atoms with Crippen molar-refractivity contribution in [2.45, 2.75) is 13.8 Å². The second-order valence-electron chi connectivity index (χ2n) is 4.96. The summed E-state index contributed by atoms with van der Waals surface area (Å²) in [5, 5.41) is 18.6. The van der Waals surface area contributed by atoms with Crippen LogP contribution in [0.3, 0.4) is 0 Å². The standard InChI is InChI=1S/C13H15N7O2/c1-7-5-10(20(4)17-7)11(21)14-13-16-15-12(22-13)9-6-8(2)19(3)18-9/h5-6H,1-4H3,(H,14,16,21). The molecule has 0 saturated carbocycles. The second kappa shape index (κ2) is 5.10. The fourth-order valence-corrected chi connectivity index (χ4v) is 2.03. The quantitative estimate of drug-likeness (QED) is 0.776. The number of amides is 1. The molecule has 3 aromatic rings. The van der Waals surface area contributed by atoms with Gasteiger partial charge in [-0.15, -0.1) is 5.10 Å². The minimum absolute atomic E-state index is 0.0159. The van der Waals surface area contributed by atoms with Crippen molar-refractivity contribution in [2.75, 3.05) is 5.32 Å². The normalized spacial score (nSPS) is 10.9. The van der Waals surface area contributed by atoms with E-state index in [1.54, 1.807) is 17.8 Å². The molecule has 0 aromatic carbocycles. The van der Waals surface area contributed by atoms with Crippen LogP contribution in [0, 0.1) is 13.8 Å². The van der Waals surface area contributed by atoms with E-state index in [2.05, 4.69) is 25.7 Å². The lowest BCUT2D eigenvalue weighted by Gasteiger charge is -1.99. The Labute approximate surface area is 125 Å². The first-order valence-electron chi connectivity index (χ1n) is 6.60. The van der Waals surface area contributed by atoms with Crippen molar-refractivity contribution in [1.82, 2.24) is 29.8 Å². The third kappa shape index (κ3) is 2.48. The zero-order valence-corrected chi connectivity index (χ0v) is 12.7. The Hall–Kier alpha value is -2.97. The van der Waals surface area contributed by atoms with Gasteiger partial charge in [0.25, 0.3) is 11.8 Å². The lowest BCUT2D eigenvalue weighted by Crippen LogP contribution is -2.16. The van der Waals surface area contributed by atoms with Crippen molar-refractivity contribution in [3.63, 3.8) is 0 Å². The SMILES string of the molecule is Cc1cc(C(=O)Nc2nnc(-c3cc(C)n(C)n3)o2)n(C)n1. The van der Waals surface area contributed by atoms with Crippen LogP contribution in [0.2, 0.25) is 0 Å². The van der Waals surface area contributed by atoms with Gasteiger partial charge >= 0.3 is 6.01 Å². The molecule has 9 heteroatoms. The van der Waals surface area contributed by atoms with Crippen molar-refractivity contribution in [3.05, 3.63) is 29.2 Å². The summed E-state index contributed by atoms with van der Waals surface area (Å²) in [7, 11) is 3.51. The molecule has 3 aromatic heterocycles. The number of hydrogen-bond donors (Lipinski definition) is 1. The van der Waals surface area contributed by atoms with Crippen LogP contribution in [-0.2, 0) is 14.1 Å². The van der Waals surface area contributed by atoms with Crippen molar-refractivity contribution >= 4 is 11.9 Å². The van der Waals surface area contributed by atoms with Crippen LogP contribution in [0.1, 0.15) is 21.9 Å². The van der Waals surface area contributed by atoms with E-state index in [-0.39, 0.29) is 17.8 Å². The summed E-state index contributed by atoms with van der Waals surface area (Å²) in [6.07, 6.45) is 0. The average Bonchev–Trinajstić information content (AvgIpc) is 3.11. The molecule has 3 rings (SSSR count). The number of aryl methyl sites for hydroxylation is 4. The Balaban J connectivity index is 1.79. The molecule has 0 unspecified atom stereocenters. The van der Waals surface area contributed by atoms with Gasteiger partial charge in [-0.2, -0.15) is 10.2 Å². The molecule has 1 N–H and O–H groups in total. The smallest absolute Gasteiger partial charge is 0.322 e. The molecule has 9 nitrogen and oxygen atoms in total. The first-order chi connectivity index (χ1) is 10.4. The highest BCUT2D eigenvalue weighted by Crippen LogP contribution is 2.19. The highest BCUT2D eigenvalue weighted by Gasteiger charge is 2.17. The first kappa shape index (κ1) is 14.0. The van der Waals surface area contributed by atoms with Gasteiger partial charge in [0, 0.05) is 19.8 Å². The van der Waals surface area contributed by atoms with Gasteiger partial charge in [-0.25, -0.2) is 0 Å². The van der Waals surface area contributed by atoms with Gasteiger partial charge in [0.2, 0.25) is 0 Å². The Kier molecular flexibility index (Phi) is 3.24. The minimum atomic E-state index is -0.365. The predicted molar refractivity (Wildman–Crippen MR) is 77.1 cm³/mol. The van der Waals surface area contributed by atoms with Gasteiger partial charge in [0.15, 0.2) is 0 Å². The van der Waals surface area contributed by atoms with Crippen LogP contribution >= 0.6 is 0 Å². The van der Waals surface area contributed by atoms with Gasteiger partial charge < -0.3 is 4.42 Å². The predicted octanol–water partition coefficient (Wildman–Crippen LogP) is 1.07. The van der Waals surface area contributed by atoms with Gasteiger partial charge in [0.1, 0.15) is 11.4 Å². The van der Waals surface area contributed by atoms with E-state index in [0.717, 1.165) is 11.4 Å². The number of carbonyl (C=O) groups is 1. The van der Waals surface area contributed by atoms with E-state index in [1.165, 1.54) is 4.68 Å². The molecule has 0 fully saturated rings. The Morgan fingerprint density at radius 2 is 1.91 bits per heavy atom. The number of anilines is 1. The van der Waals surface area contributed by atoms with Gasteiger partial charge in [-0.1, -0.05) is 5.10 Å². The zero-order chi connectivity index (χ0) is 15.9. The Bertz CT molecular complexity index is 823. The lowest BCUT2D eigenvalue weighted by atomic mass is 10.3. The van der Waals surface area contributed by atoms with Crippen molar-refractivity contribution in [3.8, 4) is 11.6 Å². The molecule has 0 bridgehead atoms. The van der Waals surface area contributed by atoms with Gasteiger partial charge in [-0.3, -0.25) is 19.5 Å². The molecule has 1 amide bonds. The molecule has 22 heavy (non-hydrogen) atoms. The number of aromatic nitrogens is 6. The summed E-state index contributed by atoms with van der Waals surface area (Å²) in [5.41, 5.74) is 2.68. The molecule has 114 valence electrons. The van der Waals surface area contributed by atoms with E-state index in [9.17, 15) is 4.79 Å². The topological polar surface area (TPSA) is 104 Å². The minimum Gasteiger partial charge on any atom is -0.401 e. The first-order valence-corrected chi connectivity index (χ1v) is 6.60. The van der Waals surface area contributed by atoms with Crippen molar-refractivity contribution in [1.29, 1.82) is 0 Å². The number of nitrogens with one attached hydrogen (secondary N) is 1. The van der Waals surface area contributed by atoms with E-state index in [1.807, 2.05) is 27.0 Å². The summed E-state index contributed by atoms with van der Waals surface area (Å²) in [6, 6.07) is 3.51. The lowest BCUT2D eigenvalue weighted by molar-refractivity contribution is 0.101. The maximum Gasteiger partial charge on any atom is 0.322 e. The fourth-order valence-electron chi connectivity index (χ4n) is 2.03. The molecular formula is C13H15N7O2. The summed E-state index contributed by atoms with van der Waals surface area (Å²) in [4.78, 5) is 12.1. The molecule has 0 aliphatic heterocycles. The second-order valence-corrected chi connectivity index (χ2v) is 4.96. The van der Waals surface area contributed by atoms with Crippen LogP contribution in [0.15, 0.2) is 16.5 Å². The van der Waals surface area contributed by atoms with Crippen LogP contribution in [-0.4, -0.2) is 35.7 Å². The molecule has 0 atom stereocenters. The van der Waals surface area contributed by atoms with Crippen LogP contribution in [0.5, 0.6) is 0 Å². The third-order valence-electron chi connectivity index (χ3n) is 3.21. The van der Waals surface area contributed by atoms with E-state index in [4.69, 9.17) is 4.42 Å². The maximum atomic E-state index is 12.1. The summed E-state index contributed by atoms with van der Waals surface area (Å²) >= 11 is 0. The summed E-state index contributed by atoms with van der Waals surface area (Å²) < 4.78 is 8.61. The number of carbonyl (C=O) groups excluding carboxylic acids is 1. The Morgan fingerprint density at radius 3 is 2.50 bits per heavy atom. The number of hydrogen-bond acceptors (Lipinski definition) is 6. The Morgan fingerprint density at radius 1 is 1.14 bits per heavy atom. The fraction of sp³-hybridized carbons (Fsp3) is 0.308. The van der Waals surface area contributed by atoms with Gasteiger partial charge in [0.05, 0.1) is 5.69 Å².